The zero-order valence-electron chi connectivity index (χ0n) is 14.0. The molecule has 2 aromatic heterocycles. The molecule has 0 radical (unpaired) electrons. The largest absolute Gasteiger partial charge is 0.418 e. The SMILES string of the molecule is [C-]#[N+]C(c1ccccn1)c1cc(S(F)(F)(F)(F)F)nc2c(C(F)(F)F)cccc12. The Kier molecular flexibility index (Phi) is 4.15. The number of fused-ring (bicyclic) bond motifs is 1. The summed E-state index contributed by atoms with van der Waals surface area (Å²) in [5.41, 5.74) is -3.74. The van der Waals surface area contributed by atoms with Crippen LogP contribution in [0, 0.1) is 6.57 Å². The van der Waals surface area contributed by atoms with Crippen molar-refractivity contribution >= 4 is 21.1 Å². The number of halogens is 8. The Morgan fingerprint density at radius 2 is 1.66 bits per heavy atom. The first-order chi connectivity index (χ1) is 13.1. The molecule has 3 aromatic rings. The minimum atomic E-state index is -10.5. The summed E-state index contributed by atoms with van der Waals surface area (Å²) in [5.74, 6) is 0. The van der Waals surface area contributed by atoms with Crippen LogP contribution in [0.4, 0.5) is 32.6 Å². The monoisotopic (exact) mass is 439 g/mol. The summed E-state index contributed by atoms with van der Waals surface area (Å²) in [4.78, 5) is 9.60. The highest BCUT2D eigenvalue weighted by atomic mass is 32.5. The molecule has 3 rings (SSSR count). The Labute approximate surface area is 158 Å². The zero-order chi connectivity index (χ0) is 21.7. The van der Waals surface area contributed by atoms with Crippen LogP contribution in [0.5, 0.6) is 0 Å². The lowest BCUT2D eigenvalue weighted by Gasteiger charge is -2.39. The molecule has 154 valence electrons. The number of hydrogen-bond acceptors (Lipinski definition) is 2. The van der Waals surface area contributed by atoms with Gasteiger partial charge in [0.25, 0.3) is 6.04 Å². The van der Waals surface area contributed by atoms with Gasteiger partial charge in [0.1, 0.15) is 5.69 Å². The smallest absolute Gasteiger partial charge is 0.301 e. The fourth-order valence-electron chi connectivity index (χ4n) is 2.74. The summed E-state index contributed by atoms with van der Waals surface area (Å²) in [5, 5.41) is -3.24. The van der Waals surface area contributed by atoms with Gasteiger partial charge in [0.05, 0.1) is 16.6 Å². The van der Waals surface area contributed by atoms with Gasteiger partial charge in [-0.1, -0.05) is 37.6 Å². The van der Waals surface area contributed by atoms with E-state index in [1.165, 1.54) is 24.4 Å². The van der Waals surface area contributed by atoms with Gasteiger partial charge in [-0.15, -0.1) is 0 Å². The van der Waals surface area contributed by atoms with Gasteiger partial charge < -0.3 is 4.85 Å². The predicted octanol–water partition coefficient (Wildman–Crippen LogP) is 7.31. The molecule has 0 saturated heterocycles. The molecule has 1 unspecified atom stereocenters. The molecule has 1 aromatic carbocycles. The molecule has 12 heteroatoms. The molecular formula is C17H9F8N3S. The minimum Gasteiger partial charge on any atom is -0.301 e. The second kappa shape index (κ2) is 5.79. The van der Waals surface area contributed by atoms with Gasteiger partial charge in [-0.05, 0) is 24.3 Å². The number of pyridine rings is 2. The Balaban J connectivity index is 2.49. The van der Waals surface area contributed by atoms with Gasteiger partial charge >= 0.3 is 16.4 Å². The maximum atomic E-state index is 13.4. The summed E-state index contributed by atoms with van der Waals surface area (Å²) < 4.78 is 107. The van der Waals surface area contributed by atoms with Crippen molar-refractivity contribution in [2.45, 2.75) is 17.2 Å². The van der Waals surface area contributed by atoms with Gasteiger partial charge in [0.15, 0.2) is 5.03 Å². The first kappa shape index (κ1) is 20.8. The number of hydrogen-bond donors (Lipinski definition) is 0. The van der Waals surface area contributed by atoms with Crippen LogP contribution < -0.4 is 0 Å². The quantitative estimate of drug-likeness (QED) is 0.316. The van der Waals surface area contributed by atoms with Crippen molar-refractivity contribution in [3.05, 3.63) is 76.9 Å². The van der Waals surface area contributed by atoms with E-state index in [0.29, 0.717) is 6.07 Å². The van der Waals surface area contributed by atoms with E-state index in [1.54, 1.807) is 0 Å². The van der Waals surface area contributed by atoms with Crippen molar-refractivity contribution < 1.29 is 32.6 Å². The molecule has 0 aliphatic heterocycles. The van der Waals surface area contributed by atoms with E-state index >= 15 is 0 Å². The Bertz CT molecular complexity index is 1140. The standard InChI is InChI=1S/C17H9F8N3S/c1-26-16(13-7-2-3-8-27-13)11-9-14(29(21,22,23,24)25)28-15-10(11)5-4-6-12(15)17(18,19)20/h2-9,16H. The first-order valence-corrected chi connectivity index (χ1v) is 9.59. The number of aromatic nitrogens is 2. The van der Waals surface area contributed by atoms with Crippen molar-refractivity contribution in [2.75, 3.05) is 0 Å². The average molecular weight is 439 g/mol. The van der Waals surface area contributed by atoms with Crippen LogP contribution in [0.3, 0.4) is 0 Å². The van der Waals surface area contributed by atoms with E-state index in [0.717, 1.165) is 12.1 Å². The molecule has 0 N–H and O–H groups in total. The van der Waals surface area contributed by atoms with Crippen molar-refractivity contribution in [1.29, 1.82) is 0 Å². The van der Waals surface area contributed by atoms with Gasteiger partial charge in [-0.3, -0.25) is 4.98 Å². The molecule has 0 fully saturated rings. The Morgan fingerprint density at radius 3 is 2.17 bits per heavy atom. The van der Waals surface area contributed by atoms with E-state index in [1.807, 2.05) is 0 Å². The van der Waals surface area contributed by atoms with Crippen LogP contribution >= 0.6 is 10.2 Å². The summed E-state index contributed by atoms with van der Waals surface area (Å²) in [6.45, 7) is 7.29. The lowest BCUT2D eigenvalue weighted by molar-refractivity contribution is -0.136. The fourth-order valence-corrected chi connectivity index (χ4v) is 3.35. The molecule has 29 heavy (non-hydrogen) atoms. The van der Waals surface area contributed by atoms with Crippen LogP contribution in [0.15, 0.2) is 53.7 Å². The highest BCUT2D eigenvalue weighted by Gasteiger charge is 2.67. The molecule has 0 bridgehead atoms. The lowest BCUT2D eigenvalue weighted by atomic mass is 9.97. The van der Waals surface area contributed by atoms with Gasteiger partial charge in [-0.25, -0.2) is 11.6 Å². The summed E-state index contributed by atoms with van der Waals surface area (Å²) in [7, 11) is -10.5. The molecule has 0 aliphatic carbocycles. The molecule has 1 atom stereocenters. The third-order valence-electron chi connectivity index (χ3n) is 3.94. The molecule has 2 heterocycles. The van der Waals surface area contributed by atoms with Crippen LogP contribution in [0.1, 0.15) is 22.9 Å². The zero-order valence-corrected chi connectivity index (χ0v) is 14.8. The van der Waals surface area contributed by atoms with Crippen LogP contribution in [0.25, 0.3) is 15.7 Å². The van der Waals surface area contributed by atoms with Crippen molar-refractivity contribution in [3.63, 3.8) is 0 Å². The highest BCUT2D eigenvalue weighted by Crippen LogP contribution is 3.01. The van der Waals surface area contributed by atoms with E-state index in [2.05, 4.69) is 14.8 Å². The minimum absolute atomic E-state index is 0.0680. The van der Waals surface area contributed by atoms with Crippen molar-refractivity contribution in [1.82, 2.24) is 9.97 Å². The summed E-state index contributed by atoms with van der Waals surface area (Å²) in [6, 6.07) is 4.70. The van der Waals surface area contributed by atoms with E-state index in [9.17, 15) is 32.6 Å². The first-order valence-electron chi connectivity index (χ1n) is 7.64. The van der Waals surface area contributed by atoms with Crippen LogP contribution in [-0.2, 0) is 6.18 Å². The molecule has 0 saturated carbocycles. The summed E-state index contributed by atoms with van der Waals surface area (Å²) in [6.07, 6.45) is -3.94. The number of alkyl halides is 3. The summed E-state index contributed by atoms with van der Waals surface area (Å²) >= 11 is 0. The highest BCUT2D eigenvalue weighted by molar-refractivity contribution is 8.45. The Hall–Kier alpha value is -2.94. The van der Waals surface area contributed by atoms with E-state index in [-0.39, 0.29) is 11.8 Å². The van der Waals surface area contributed by atoms with Crippen LogP contribution in [-0.4, -0.2) is 9.97 Å². The van der Waals surface area contributed by atoms with E-state index in [4.69, 9.17) is 6.57 Å². The molecule has 0 aliphatic rings. The van der Waals surface area contributed by atoms with Crippen LogP contribution in [0.2, 0.25) is 0 Å². The van der Waals surface area contributed by atoms with Crippen molar-refractivity contribution in [2.24, 2.45) is 0 Å². The topological polar surface area (TPSA) is 30.1 Å². The van der Waals surface area contributed by atoms with E-state index < -0.39 is 49.5 Å². The number of para-hydroxylation sites is 1. The van der Waals surface area contributed by atoms with Gasteiger partial charge in [0.2, 0.25) is 0 Å². The maximum absolute atomic E-state index is 13.4. The number of rotatable bonds is 3. The maximum Gasteiger partial charge on any atom is 0.418 e. The fraction of sp³-hybridized carbons (Fsp3) is 0.118. The second-order valence-electron chi connectivity index (χ2n) is 6.00. The predicted molar refractivity (Wildman–Crippen MR) is 90.8 cm³/mol. The molecule has 0 amide bonds. The third-order valence-corrected chi connectivity index (χ3v) is 4.94. The number of benzene rings is 1. The van der Waals surface area contributed by atoms with Crippen molar-refractivity contribution in [3.8, 4) is 0 Å². The normalized spacial score (nSPS) is 16.0. The van der Waals surface area contributed by atoms with Gasteiger partial charge in [-0.2, -0.15) is 13.2 Å². The molecular weight excluding hydrogens is 430 g/mol. The van der Waals surface area contributed by atoms with Gasteiger partial charge in [0, 0.05) is 11.6 Å². The third kappa shape index (κ3) is 4.09. The second-order valence-corrected chi connectivity index (χ2v) is 8.36. The average Bonchev–Trinajstić information content (AvgIpc) is 2.60. The lowest BCUT2D eigenvalue weighted by Crippen LogP contribution is -2.13. The molecule has 3 nitrogen and oxygen atoms in total. The Morgan fingerprint density at radius 1 is 0.966 bits per heavy atom. The number of nitrogens with zero attached hydrogens (tertiary/aromatic N) is 3. The molecule has 0 spiro atoms.